The summed E-state index contributed by atoms with van der Waals surface area (Å²) in [7, 11) is 0. The maximum Gasteiger partial charge on any atom is 0.206 e. The lowest BCUT2D eigenvalue weighted by Crippen LogP contribution is -2.12. The molecule has 0 aliphatic rings. The largest absolute Gasteiger partial charge is 0.462 e. The van der Waals surface area contributed by atoms with E-state index < -0.39 is 5.92 Å². The molecule has 0 aliphatic carbocycles. The molecule has 5 nitrogen and oxygen atoms in total. The number of nitrogens with zero attached hydrogens (tertiary/aromatic N) is 3. The monoisotopic (exact) mass is 329 g/mol. The first kappa shape index (κ1) is 14.6. The van der Waals surface area contributed by atoms with Gasteiger partial charge in [0.15, 0.2) is 16.7 Å². The van der Waals surface area contributed by atoms with Crippen LogP contribution in [0.2, 0.25) is 0 Å². The number of furan rings is 1. The molecule has 0 amide bonds. The van der Waals surface area contributed by atoms with Crippen molar-refractivity contribution in [1.29, 1.82) is 5.26 Å². The predicted molar refractivity (Wildman–Crippen MR) is 84.1 cm³/mol. The van der Waals surface area contributed by atoms with Crippen molar-refractivity contribution in [2.75, 3.05) is 0 Å². The summed E-state index contributed by atoms with van der Waals surface area (Å²) in [5, 5.41) is 12.3. The first-order valence-electron chi connectivity index (χ1n) is 6.47. The summed E-state index contributed by atoms with van der Waals surface area (Å²) in [5.74, 6) is -0.613. The van der Waals surface area contributed by atoms with E-state index in [1.807, 2.05) is 25.3 Å². The van der Waals surface area contributed by atoms with Crippen LogP contribution in [0.5, 0.6) is 0 Å². The molecule has 0 radical (unpaired) electrons. The molecule has 0 fully saturated rings. The van der Waals surface area contributed by atoms with Gasteiger partial charge >= 0.3 is 0 Å². The number of aromatic nitrogens is 2. The van der Waals surface area contributed by atoms with E-state index in [1.165, 1.54) is 22.7 Å². The van der Waals surface area contributed by atoms with Crippen molar-refractivity contribution < 1.29 is 9.21 Å². The second-order valence-corrected chi connectivity index (χ2v) is 6.75. The van der Waals surface area contributed by atoms with E-state index in [-0.39, 0.29) is 5.78 Å². The molecule has 3 aromatic rings. The smallest absolute Gasteiger partial charge is 0.206 e. The highest BCUT2D eigenvalue weighted by Gasteiger charge is 2.28. The fourth-order valence-electron chi connectivity index (χ4n) is 2.00. The number of ketones is 1. The summed E-state index contributed by atoms with van der Waals surface area (Å²) in [6.45, 7) is 3.65. The Labute approximate surface area is 134 Å². The molecule has 1 unspecified atom stereocenters. The number of carbonyl (C=O) groups is 1. The number of aryl methyl sites for hydroxylation is 2. The van der Waals surface area contributed by atoms with Crippen molar-refractivity contribution >= 4 is 28.5 Å². The molecule has 110 valence electrons. The van der Waals surface area contributed by atoms with E-state index in [1.54, 1.807) is 18.4 Å². The number of carbonyl (C=O) groups excluding carboxylic acids is 1. The second kappa shape index (κ2) is 5.83. The Kier molecular flexibility index (Phi) is 3.88. The van der Waals surface area contributed by atoms with Gasteiger partial charge in [0.25, 0.3) is 0 Å². The summed E-state index contributed by atoms with van der Waals surface area (Å²) >= 11 is 2.69. The highest BCUT2D eigenvalue weighted by molar-refractivity contribution is 7.15. The van der Waals surface area contributed by atoms with Gasteiger partial charge in [0.05, 0.1) is 12.3 Å². The standard InChI is InChI=1S/C15H11N3O2S2/c1-8-7-21-14(17-8)10(6-16)13(19)12-9(2)22-15(18-12)11-4-3-5-20-11/h3-5,7,10H,1-2H3. The number of nitriles is 1. The van der Waals surface area contributed by atoms with Crippen LogP contribution in [0.3, 0.4) is 0 Å². The molecule has 0 aliphatic heterocycles. The van der Waals surface area contributed by atoms with E-state index in [9.17, 15) is 10.1 Å². The number of thiazole rings is 2. The van der Waals surface area contributed by atoms with Crippen LogP contribution in [0.4, 0.5) is 0 Å². The van der Waals surface area contributed by atoms with E-state index in [0.717, 1.165) is 10.6 Å². The third-order valence-electron chi connectivity index (χ3n) is 3.04. The van der Waals surface area contributed by atoms with Crippen LogP contribution in [0.1, 0.15) is 32.0 Å². The van der Waals surface area contributed by atoms with Crippen LogP contribution >= 0.6 is 22.7 Å². The minimum atomic E-state index is -0.913. The molecule has 0 saturated carbocycles. The van der Waals surface area contributed by atoms with Crippen LogP contribution in [0.15, 0.2) is 28.2 Å². The van der Waals surface area contributed by atoms with Gasteiger partial charge in [0.2, 0.25) is 5.78 Å². The molecule has 0 N–H and O–H groups in total. The van der Waals surface area contributed by atoms with E-state index in [4.69, 9.17) is 4.42 Å². The van der Waals surface area contributed by atoms with Gasteiger partial charge < -0.3 is 4.42 Å². The molecule has 22 heavy (non-hydrogen) atoms. The Hall–Kier alpha value is -2.30. The number of hydrogen-bond acceptors (Lipinski definition) is 7. The third kappa shape index (κ3) is 2.58. The minimum Gasteiger partial charge on any atom is -0.462 e. The molecular formula is C15H11N3O2S2. The Morgan fingerprint density at radius 1 is 1.41 bits per heavy atom. The number of Topliss-reactive ketones (excluding diaryl/α,β-unsaturated/α-hetero) is 1. The molecule has 0 spiro atoms. The zero-order valence-corrected chi connectivity index (χ0v) is 13.5. The molecule has 3 rings (SSSR count). The van der Waals surface area contributed by atoms with Gasteiger partial charge in [-0.3, -0.25) is 4.79 Å². The quantitative estimate of drug-likeness (QED) is 0.677. The van der Waals surface area contributed by atoms with Crippen molar-refractivity contribution in [2.24, 2.45) is 0 Å². The molecule has 7 heteroatoms. The Morgan fingerprint density at radius 3 is 2.82 bits per heavy atom. The van der Waals surface area contributed by atoms with E-state index >= 15 is 0 Å². The third-order valence-corrected chi connectivity index (χ3v) is 5.05. The summed E-state index contributed by atoms with van der Waals surface area (Å²) < 4.78 is 5.30. The van der Waals surface area contributed by atoms with Crippen LogP contribution in [0.25, 0.3) is 10.8 Å². The van der Waals surface area contributed by atoms with Gasteiger partial charge in [-0.25, -0.2) is 9.97 Å². The van der Waals surface area contributed by atoms with Gasteiger partial charge in [0, 0.05) is 16.0 Å². The molecule has 3 aromatic heterocycles. The summed E-state index contributed by atoms with van der Waals surface area (Å²) in [6.07, 6.45) is 1.56. The van der Waals surface area contributed by atoms with Gasteiger partial charge in [-0.15, -0.1) is 22.7 Å². The first-order chi connectivity index (χ1) is 10.6. The predicted octanol–water partition coefficient (Wildman–Crippen LogP) is 3.97. The summed E-state index contributed by atoms with van der Waals surface area (Å²) in [4.78, 5) is 22.0. The fraction of sp³-hybridized carbons (Fsp3) is 0.200. The van der Waals surface area contributed by atoms with Gasteiger partial charge in [-0.05, 0) is 26.0 Å². The molecule has 0 aromatic carbocycles. The van der Waals surface area contributed by atoms with E-state index in [0.29, 0.717) is 21.5 Å². The highest BCUT2D eigenvalue weighted by Crippen LogP contribution is 2.31. The highest BCUT2D eigenvalue weighted by atomic mass is 32.1. The Balaban J connectivity index is 1.96. The molecule has 0 saturated heterocycles. The average Bonchev–Trinajstić information content (AvgIpc) is 3.20. The number of rotatable bonds is 4. The van der Waals surface area contributed by atoms with Crippen LogP contribution in [-0.2, 0) is 0 Å². The summed E-state index contributed by atoms with van der Waals surface area (Å²) in [6, 6.07) is 5.60. The van der Waals surface area contributed by atoms with Gasteiger partial charge in [-0.2, -0.15) is 5.26 Å². The van der Waals surface area contributed by atoms with Crippen molar-refractivity contribution in [3.8, 4) is 16.8 Å². The van der Waals surface area contributed by atoms with Crippen molar-refractivity contribution in [2.45, 2.75) is 19.8 Å². The minimum absolute atomic E-state index is 0.316. The van der Waals surface area contributed by atoms with Crippen molar-refractivity contribution in [3.05, 3.63) is 45.0 Å². The van der Waals surface area contributed by atoms with Gasteiger partial charge in [0.1, 0.15) is 10.7 Å². The first-order valence-corrected chi connectivity index (χ1v) is 8.17. The normalized spacial score (nSPS) is 12.0. The number of hydrogen-bond donors (Lipinski definition) is 0. The molecular weight excluding hydrogens is 318 g/mol. The Bertz CT molecular complexity index is 856. The zero-order valence-electron chi connectivity index (χ0n) is 11.9. The fourth-order valence-corrected chi connectivity index (χ4v) is 3.72. The maximum absolute atomic E-state index is 12.6. The maximum atomic E-state index is 12.6. The van der Waals surface area contributed by atoms with Crippen LogP contribution in [-0.4, -0.2) is 15.8 Å². The van der Waals surface area contributed by atoms with Crippen LogP contribution < -0.4 is 0 Å². The molecule has 0 bridgehead atoms. The zero-order chi connectivity index (χ0) is 15.7. The SMILES string of the molecule is Cc1csc(C(C#N)C(=O)c2nc(-c3ccco3)sc2C)n1. The van der Waals surface area contributed by atoms with Crippen LogP contribution in [0, 0.1) is 25.2 Å². The topological polar surface area (TPSA) is 79.8 Å². The van der Waals surface area contributed by atoms with Gasteiger partial charge in [-0.1, -0.05) is 0 Å². The molecule has 1 atom stereocenters. The average molecular weight is 329 g/mol. The Morgan fingerprint density at radius 2 is 2.23 bits per heavy atom. The lowest BCUT2D eigenvalue weighted by Gasteiger charge is -2.03. The second-order valence-electron chi connectivity index (χ2n) is 4.65. The lowest BCUT2D eigenvalue weighted by atomic mass is 10.0. The lowest BCUT2D eigenvalue weighted by molar-refractivity contribution is 0.0974. The van der Waals surface area contributed by atoms with Crippen molar-refractivity contribution in [3.63, 3.8) is 0 Å². The summed E-state index contributed by atoms with van der Waals surface area (Å²) in [5.41, 5.74) is 1.12. The van der Waals surface area contributed by atoms with Crippen molar-refractivity contribution in [1.82, 2.24) is 9.97 Å². The molecule has 3 heterocycles. The van der Waals surface area contributed by atoms with E-state index in [2.05, 4.69) is 9.97 Å².